The molecule has 1 spiro atoms. The molecule has 12 heteroatoms. The van der Waals surface area contributed by atoms with Gasteiger partial charge in [-0.1, -0.05) is 55.4 Å². The van der Waals surface area contributed by atoms with Gasteiger partial charge >= 0.3 is 0 Å². The maximum Gasteiger partial charge on any atom is 0.272 e. The third kappa shape index (κ3) is 6.62. The fourth-order valence-electron chi connectivity index (χ4n) is 7.32. The van der Waals surface area contributed by atoms with Crippen molar-refractivity contribution in [3.05, 3.63) is 21.8 Å². The van der Waals surface area contributed by atoms with Crippen molar-refractivity contribution in [3.8, 4) is 17.2 Å². The lowest BCUT2D eigenvalue weighted by atomic mass is 9.80. The van der Waals surface area contributed by atoms with Gasteiger partial charge in [-0.25, -0.2) is 0 Å². The van der Waals surface area contributed by atoms with Crippen LogP contribution in [0.4, 0.5) is 5.69 Å². The lowest BCUT2D eigenvalue weighted by Crippen LogP contribution is -2.47. The molecule has 5 N–H and O–H groups in total. The molecule has 51 heavy (non-hydrogen) atoms. The van der Waals surface area contributed by atoms with Crippen LogP contribution in [0.15, 0.2) is 9.98 Å². The number of hydrogen-bond donors (Lipinski definition) is 5. The first kappa shape index (κ1) is 38.9. The lowest BCUT2D eigenvalue weighted by molar-refractivity contribution is -0.179. The van der Waals surface area contributed by atoms with E-state index in [9.17, 15) is 30.0 Å². The number of carbonyl (C=O) groups excluding carboxylic acids is 2. The number of aromatic hydroxyl groups is 2. The SMILES string of the molecule is Cc1c2c(c3c4c(c(NC(=O)C(C)(C)C(C)C)c(O)c3c1O)=NC1(CCN(CC(C)C)CC1)N=4)C(=O)[C@@](C)(OC(C)[C@H](C)[C@H](O)[C@H](C)[C@H](C)O)O2. The van der Waals surface area contributed by atoms with Crippen molar-refractivity contribution < 1.29 is 39.5 Å². The number of hydrogen-bond acceptors (Lipinski definition) is 11. The van der Waals surface area contributed by atoms with E-state index in [-0.39, 0.29) is 56.3 Å². The average molecular weight is 711 g/mol. The van der Waals surface area contributed by atoms with Gasteiger partial charge in [0.1, 0.15) is 22.5 Å². The predicted octanol–water partition coefficient (Wildman–Crippen LogP) is 4.59. The second kappa shape index (κ2) is 13.6. The van der Waals surface area contributed by atoms with Gasteiger partial charge in [0.2, 0.25) is 11.7 Å². The van der Waals surface area contributed by atoms with Crippen LogP contribution >= 0.6 is 0 Å². The van der Waals surface area contributed by atoms with Gasteiger partial charge in [-0.3, -0.25) is 19.6 Å². The van der Waals surface area contributed by atoms with Gasteiger partial charge in [0.15, 0.2) is 11.4 Å². The van der Waals surface area contributed by atoms with E-state index in [1.165, 1.54) is 6.92 Å². The number of aliphatic hydroxyl groups excluding tert-OH is 2. The number of carbonyl (C=O) groups is 2. The molecule has 1 saturated heterocycles. The summed E-state index contributed by atoms with van der Waals surface area (Å²) in [6.07, 6.45) is -1.18. The second-order valence-corrected chi connectivity index (χ2v) is 16.7. The zero-order chi connectivity index (χ0) is 38.1. The minimum Gasteiger partial charge on any atom is -0.507 e. The number of phenolic OH excluding ortho intramolecular Hbond substituents is 2. The van der Waals surface area contributed by atoms with Crippen LogP contribution in [-0.4, -0.2) is 86.4 Å². The lowest BCUT2D eigenvalue weighted by Gasteiger charge is -2.36. The highest BCUT2D eigenvalue weighted by Gasteiger charge is 2.51. The third-order valence-corrected chi connectivity index (χ3v) is 11.9. The molecule has 1 fully saturated rings. The van der Waals surface area contributed by atoms with Crippen LogP contribution in [0.2, 0.25) is 0 Å². The van der Waals surface area contributed by atoms with Crippen LogP contribution in [0.25, 0.3) is 10.8 Å². The molecule has 0 bridgehead atoms. The molecular formula is C39H58N4O8. The van der Waals surface area contributed by atoms with Gasteiger partial charge in [0.25, 0.3) is 5.79 Å². The van der Waals surface area contributed by atoms with E-state index in [1.54, 1.807) is 34.6 Å². The summed E-state index contributed by atoms with van der Waals surface area (Å²) in [7, 11) is 0. The molecule has 2 aromatic carbocycles. The first-order valence-corrected chi connectivity index (χ1v) is 18.4. The molecule has 0 aliphatic carbocycles. The topological polar surface area (TPSA) is 174 Å². The largest absolute Gasteiger partial charge is 0.507 e. The first-order valence-electron chi connectivity index (χ1n) is 18.4. The summed E-state index contributed by atoms with van der Waals surface area (Å²) in [5.41, 5.74) is -1.34. The highest BCUT2D eigenvalue weighted by atomic mass is 16.7. The second-order valence-electron chi connectivity index (χ2n) is 16.7. The van der Waals surface area contributed by atoms with Crippen molar-refractivity contribution in [3.63, 3.8) is 0 Å². The van der Waals surface area contributed by atoms with Crippen molar-refractivity contribution in [1.82, 2.24) is 4.90 Å². The number of benzene rings is 2. The van der Waals surface area contributed by atoms with Crippen molar-refractivity contribution in [2.24, 2.45) is 39.1 Å². The summed E-state index contributed by atoms with van der Waals surface area (Å²) in [4.78, 5) is 41.0. The number of phenols is 2. The Balaban J connectivity index is 1.69. The average Bonchev–Trinajstić information content (AvgIpc) is 3.55. The zero-order valence-electron chi connectivity index (χ0n) is 32.3. The molecule has 12 nitrogen and oxygen atoms in total. The normalized spacial score (nSPS) is 23.0. The van der Waals surface area contributed by atoms with Crippen molar-refractivity contribution >= 4 is 28.2 Å². The number of anilines is 1. The molecule has 1 unspecified atom stereocenters. The molecule has 3 aliphatic heterocycles. The van der Waals surface area contributed by atoms with Crippen LogP contribution in [0.1, 0.15) is 105 Å². The molecule has 6 atom stereocenters. The van der Waals surface area contributed by atoms with E-state index < -0.39 is 58.5 Å². The summed E-state index contributed by atoms with van der Waals surface area (Å²) in [5, 5.41) is 48.4. The highest BCUT2D eigenvalue weighted by Crippen LogP contribution is 2.50. The van der Waals surface area contributed by atoms with E-state index in [0.29, 0.717) is 24.1 Å². The molecule has 1 amide bonds. The number of aliphatic hydroxyl groups is 2. The maximum atomic E-state index is 14.6. The number of piperidine rings is 1. The number of Topliss-reactive ketones (excluding diaryl/α,β-unsaturated/α-hetero) is 1. The number of ketones is 1. The molecule has 2 aromatic rings. The minimum absolute atomic E-state index is 0.0281. The summed E-state index contributed by atoms with van der Waals surface area (Å²) >= 11 is 0. The van der Waals surface area contributed by atoms with Gasteiger partial charge in [-0.15, -0.1) is 0 Å². The fourth-order valence-corrected chi connectivity index (χ4v) is 7.32. The van der Waals surface area contributed by atoms with Gasteiger partial charge in [0, 0.05) is 67.6 Å². The molecule has 282 valence electrons. The van der Waals surface area contributed by atoms with E-state index in [1.807, 2.05) is 27.7 Å². The Morgan fingerprint density at radius 3 is 2.10 bits per heavy atom. The number of likely N-dealkylation sites (tertiary alicyclic amines) is 1. The monoisotopic (exact) mass is 710 g/mol. The minimum atomic E-state index is -1.85. The van der Waals surface area contributed by atoms with Crippen molar-refractivity contribution in [1.29, 1.82) is 0 Å². The standard InChI is InChI=1S/C39H58N4O8/c1-18(2)17-43-15-13-39(14-16-43)41-28-25-26(33(47)30(29(28)42-39)40-36(49)37(10,11)19(3)4)32(46)22(7)34-27(25)35(48)38(12,51-34)50-24(9)21(6)31(45)20(5)23(8)44/h18-21,23-24,31,44-47H,13-17H2,1-12H3,(H,40,49)/t20-,21+,23+,24?,31-,38+/m1/s1. The zero-order valence-corrected chi connectivity index (χ0v) is 32.3. The van der Waals surface area contributed by atoms with Crippen LogP contribution in [-0.2, 0) is 9.53 Å². The Hall–Kier alpha value is -3.32. The Morgan fingerprint density at radius 2 is 1.55 bits per heavy atom. The Morgan fingerprint density at radius 1 is 0.961 bits per heavy atom. The van der Waals surface area contributed by atoms with Crippen LogP contribution in [0.5, 0.6) is 17.2 Å². The maximum absolute atomic E-state index is 14.6. The Kier molecular flexibility index (Phi) is 10.4. The number of rotatable bonds is 11. The molecular weight excluding hydrogens is 652 g/mol. The molecule has 0 aromatic heterocycles. The number of ether oxygens (including phenoxy) is 2. The molecule has 3 heterocycles. The van der Waals surface area contributed by atoms with Gasteiger partial charge in [-0.2, -0.15) is 0 Å². The van der Waals surface area contributed by atoms with Gasteiger partial charge in [-0.05, 0) is 32.6 Å². The Labute approximate surface area is 301 Å². The fraction of sp³-hybridized carbons (Fsp3) is 0.692. The summed E-state index contributed by atoms with van der Waals surface area (Å²) < 4.78 is 12.6. The van der Waals surface area contributed by atoms with Crippen molar-refractivity contribution in [2.45, 2.75) is 126 Å². The number of amides is 1. The number of nitrogens with zero attached hydrogens (tertiary/aromatic N) is 3. The molecule has 3 aliphatic rings. The van der Waals surface area contributed by atoms with Gasteiger partial charge in [0.05, 0.1) is 34.6 Å². The van der Waals surface area contributed by atoms with E-state index in [0.717, 1.165) is 19.6 Å². The Bertz CT molecular complexity index is 1850. The third-order valence-electron chi connectivity index (χ3n) is 11.9. The summed E-state index contributed by atoms with van der Waals surface area (Å²) in [6, 6.07) is 0. The highest BCUT2D eigenvalue weighted by molar-refractivity contribution is 6.19. The number of fused-ring (bicyclic) bond motifs is 5. The van der Waals surface area contributed by atoms with Crippen LogP contribution < -0.4 is 20.8 Å². The summed E-state index contributed by atoms with van der Waals surface area (Å²) in [5.74, 6) is -3.79. The van der Waals surface area contributed by atoms with Crippen LogP contribution in [0.3, 0.4) is 0 Å². The number of nitrogens with one attached hydrogen (secondary N) is 1. The molecule has 5 rings (SSSR count). The molecule has 0 radical (unpaired) electrons. The quantitative estimate of drug-likeness (QED) is 0.209. The first-order chi connectivity index (χ1) is 23.6. The van der Waals surface area contributed by atoms with Crippen molar-refractivity contribution in [2.75, 3.05) is 25.0 Å². The van der Waals surface area contributed by atoms with E-state index in [4.69, 9.17) is 19.5 Å². The smallest absolute Gasteiger partial charge is 0.272 e. The van der Waals surface area contributed by atoms with Gasteiger partial charge < -0.3 is 40.1 Å². The van der Waals surface area contributed by atoms with E-state index >= 15 is 0 Å². The molecule has 0 saturated carbocycles. The predicted molar refractivity (Wildman–Crippen MR) is 195 cm³/mol. The summed E-state index contributed by atoms with van der Waals surface area (Å²) in [6.45, 7) is 24.3. The van der Waals surface area contributed by atoms with Crippen LogP contribution in [0, 0.1) is 36.0 Å². The van der Waals surface area contributed by atoms with E-state index in [2.05, 4.69) is 24.1 Å².